The summed E-state index contributed by atoms with van der Waals surface area (Å²) in [5.41, 5.74) is 0. The van der Waals surface area contributed by atoms with Crippen LogP contribution in [0.2, 0.25) is 0 Å². The van der Waals surface area contributed by atoms with Crippen LogP contribution in [0, 0.1) is 5.92 Å². The van der Waals surface area contributed by atoms with Crippen molar-refractivity contribution in [2.75, 3.05) is 20.1 Å². The van der Waals surface area contributed by atoms with Crippen LogP contribution in [0.4, 0.5) is 0 Å². The molecule has 102 valence electrons. The molecule has 0 saturated heterocycles. The van der Waals surface area contributed by atoms with Gasteiger partial charge in [-0.3, -0.25) is 0 Å². The summed E-state index contributed by atoms with van der Waals surface area (Å²) in [6.45, 7) is 9.33. The van der Waals surface area contributed by atoms with E-state index in [9.17, 15) is 0 Å². The molecule has 0 radical (unpaired) electrons. The normalized spacial score (nSPS) is 19.4. The smallest absolute Gasteiger partial charge is 0.00669 e. The van der Waals surface area contributed by atoms with E-state index in [4.69, 9.17) is 0 Å². The number of nitrogens with zero attached hydrogens (tertiary/aromatic N) is 1. The zero-order valence-corrected chi connectivity index (χ0v) is 12.3. The third kappa shape index (κ3) is 5.87. The van der Waals surface area contributed by atoms with Crippen molar-refractivity contribution in [1.29, 1.82) is 0 Å². The second-order valence-corrected chi connectivity index (χ2v) is 6.07. The maximum Gasteiger partial charge on any atom is 0.00669 e. The Balaban J connectivity index is 1.96. The molecule has 2 nitrogen and oxygen atoms in total. The van der Waals surface area contributed by atoms with Gasteiger partial charge in [-0.25, -0.2) is 0 Å². The molecule has 1 atom stereocenters. The molecule has 0 bridgehead atoms. The van der Waals surface area contributed by atoms with Gasteiger partial charge in [-0.2, -0.15) is 0 Å². The molecule has 0 aromatic carbocycles. The van der Waals surface area contributed by atoms with Crippen LogP contribution in [0.3, 0.4) is 0 Å². The van der Waals surface area contributed by atoms with Gasteiger partial charge in [-0.05, 0) is 72.5 Å². The zero-order chi connectivity index (χ0) is 12.7. The second kappa shape index (κ2) is 8.10. The van der Waals surface area contributed by atoms with Crippen LogP contribution < -0.4 is 5.32 Å². The van der Waals surface area contributed by atoms with Crippen molar-refractivity contribution in [3.05, 3.63) is 0 Å². The Morgan fingerprint density at radius 1 is 1.12 bits per heavy atom. The fourth-order valence-electron chi connectivity index (χ4n) is 2.70. The molecule has 0 amide bonds. The van der Waals surface area contributed by atoms with Crippen LogP contribution in [-0.4, -0.2) is 37.1 Å². The highest BCUT2D eigenvalue weighted by atomic mass is 15.1. The van der Waals surface area contributed by atoms with Crippen molar-refractivity contribution in [2.45, 2.75) is 71.4 Å². The Morgan fingerprint density at radius 2 is 1.76 bits per heavy atom. The van der Waals surface area contributed by atoms with Gasteiger partial charge in [0.2, 0.25) is 0 Å². The predicted octanol–water partition coefficient (Wildman–Crippen LogP) is 3.28. The average molecular weight is 240 g/mol. The highest BCUT2D eigenvalue weighted by molar-refractivity contribution is 4.77. The van der Waals surface area contributed by atoms with Crippen LogP contribution in [0.15, 0.2) is 0 Å². The number of hydrogen-bond donors (Lipinski definition) is 1. The molecular formula is C15H32N2. The summed E-state index contributed by atoms with van der Waals surface area (Å²) in [6, 6.07) is 1.42. The summed E-state index contributed by atoms with van der Waals surface area (Å²) in [4.78, 5) is 2.43. The maximum atomic E-state index is 3.71. The molecular weight excluding hydrogens is 208 g/mol. The topological polar surface area (TPSA) is 15.3 Å². The lowest BCUT2D eigenvalue weighted by Gasteiger charge is -2.22. The highest BCUT2D eigenvalue weighted by Gasteiger charge is 2.20. The first-order chi connectivity index (χ1) is 8.11. The van der Waals surface area contributed by atoms with E-state index in [0.717, 1.165) is 12.0 Å². The monoisotopic (exact) mass is 240 g/mol. The largest absolute Gasteiger partial charge is 0.314 e. The summed E-state index contributed by atoms with van der Waals surface area (Å²) >= 11 is 0. The molecule has 17 heavy (non-hydrogen) atoms. The maximum absolute atomic E-state index is 3.71. The van der Waals surface area contributed by atoms with Crippen LogP contribution >= 0.6 is 0 Å². The summed E-state index contributed by atoms with van der Waals surface area (Å²) in [5, 5.41) is 3.71. The summed E-state index contributed by atoms with van der Waals surface area (Å²) in [7, 11) is 2.22. The van der Waals surface area contributed by atoms with E-state index < -0.39 is 0 Å². The molecule has 1 aliphatic rings. The van der Waals surface area contributed by atoms with Gasteiger partial charge in [0, 0.05) is 12.1 Å². The van der Waals surface area contributed by atoms with E-state index in [2.05, 4.69) is 38.0 Å². The third-order valence-electron chi connectivity index (χ3n) is 4.39. The summed E-state index contributed by atoms with van der Waals surface area (Å²) in [6.07, 6.45) is 8.44. The summed E-state index contributed by atoms with van der Waals surface area (Å²) in [5.74, 6) is 0.952. The van der Waals surface area contributed by atoms with Crippen molar-refractivity contribution in [3.8, 4) is 0 Å². The van der Waals surface area contributed by atoms with Gasteiger partial charge in [0.1, 0.15) is 0 Å². The minimum atomic E-state index is 0.681. The lowest BCUT2D eigenvalue weighted by atomic mass is 10.00. The average Bonchev–Trinajstić information content (AvgIpc) is 2.81. The van der Waals surface area contributed by atoms with Gasteiger partial charge in [-0.1, -0.05) is 12.8 Å². The van der Waals surface area contributed by atoms with Crippen molar-refractivity contribution in [1.82, 2.24) is 10.2 Å². The Hall–Kier alpha value is -0.0800. The van der Waals surface area contributed by atoms with Crippen molar-refractivity contribution < 1.29 is 0 Å². The second-order valence-electron chi connectivity index (χ2n) is 6.07. The Morgan fingerprint density at radius 3 is 2.35 bits per heavy atom. The molecule has 0 aromatic heterocycles. The molecule has 0 aliphatic heterocycles. The van der Waals surface area contributed by atoms with Crippen molar-refractivity contribution in [3.63, 3.8) is 0 Å². The Bertz CT molecular complexity index is 185. The molecule has 1 fully saturated rings. The van der Waals surface area contributed by atoms with Crippen LogP contribution in [0.25, 0.3) is 0 Å². The number of hydrogen-bond acceptors (Lipinski definition) is 2. The standard InChI is InChI=1S/C15H32N2/c1-13(2)17(4)12-8-7-11-16-14(3)15-9-5-6-10-15/h13-16H,5-12H2,1-4H3. The van der Waals surface area contributed by atoms with Crippen LogP contribution in [0.5, 0.6) is 0 Å². The number of unbranched alkanes of at least 4 members (excludes halogenated alkanes) is 1. The van der Waals surface area contributed by atoms with Gasteiger partial charge in [0.25, 0.3) is 0 Å². The third-order valence-corrected chi connectivity index (χ3v) is 4.39. The minimum Gasteiger partial charge on any atom is -0.314 e. The molecule has 0 spiro atoms. The van der Waals surface area contributed by atoms with E-state index in [1.807, 2.05) is 0 Å². The number of rotatable bonds is 8. The van der Waals surface area contributed by atoms with Gasteiger partial charge in [0.05, 0.1) is 0 Å². The fourth-order valence-corrected chi connectivity index (χ4v) is 2.70. The van der Waals surface area contributed by atoms with Crippen molar-refractivity contribution >= 4 is 0 Å². The lowest BCUT2D eigenvalue weighted by Crippen LogP contribution is -2.33. The first-order valence-corrected chi connectivity index (χ1v) is 7.55. The van der Waals surface area contributed by atoms with Gasteiger partial charge >= 0.3 is 0 Å². The SMILES string of the molecule is CC(NCCCCN(C)C(C)C)C1CCCC1. The first-order valence-electron chi connectivity index (χ1n) is 7.55. The predicted molar refractivity (Wildman–Crippen MR) is 76.4 cm³/mol. The van der Waals surface area contributed by atoms with E-state index in [-0.39, 0.29) is 0 Å². The highest BCUT2D eigenvalue weighted by Crippen LogP contribution is 2.27. The van der Waals surface area contributed by atoms with E-state index in [1.165, 1.54) is 51.6 Å². The van der Waals surface area contributed by atoms with E-state index >= 15 is 0 Å². The van der Waals surface area contributed by atoms with E-state index in [0.29, 0.717) is 6.04 Å². The van der Waals surface area contributed by atoms with E-state index in [1.54, 1.807) is 0 Å². The molecule has 1 rings (SSSR count). The Kier molecular flexibility index (Phi) is 7.14. The molecule has 0 aromatic rings. The fraction of sp³-hybridized carbons (Fsp3) is 1.00. The first kappa shape index (κ1) is 15.0. The summed E-state index contributed by atoms with van der Waals surface area (Å²) < 4.78 is 0. The van der Waals surface area contributed by atoms with Gasteiger partial charge < -0.3 is 10.2 Å². The molecule has 1 unspecified atom stereocenters. The van der Waals surface area contributed by atoms with Crippen molar-refractivity contribution in [2.24, 2.45) is 5.92 Å². The number of nitrogens with one attached hydrogen (secondary N) is 1. The molecule has 2 heteroatoms. The lowest BCUT2D eigenvalue weighted by molar-refractivity contribution is 0.266. The van der Waals surface area contributed by atoms with Crippen LogP contribution in [0.1, 0.15) is 59.3 Å². The molecule has 1 aliphatic carbocycles. The Labute approximate surface area is 108 Å². The minimum absolute atomic E-state index is 0.681. The van der Waals surface area contributed by atoms with Gasteiger partial charge in [-0.15, -0.1) is 0 Å². The quantitative estimate of drug-likeness (QED) is 0.655. The molecule has 1 saturated carbocycles. The van der Waals surface area contributed by atoms with Gasteiger partial charge in [0.15, 0.2) is 0 Å². The van der Waals surface area contributed by atoms with Crippen LogP contribution in [-0.2, 0) is 0 Å². The molecule has 0 heterocycles. The zero-order valence-electron chi connectivity index (χ0n) is 12.3. The molecule has 1 N–H and O–H groups in total.